The molecular weight excluding hydrogens is 221 g/mol. The summed E-state index contributed by atoms with van der Waals surface area (Å²) in [7, 11) is 0. The van der Waals surface area contributed by atoms with Crippen LogP contribution in [0.3, 0.4) is 0 Å². The second-order valence-corrected chi connectivity index (χ2v) is 2.24. The molecule has 0 aromatic heterocycles. The molecule has 1 rings (SSSR count). The maximum Gasteiger partial charge on any atom is 0.323 e. The number of carbonyl (C=O) groups excluding carboxylic acids is 1. The minimum Gasteiger partial charge on any atom is -0.464 e. The van der Waals surface area contributed by atoms with Gasteiger partial charge in [0.15, 0.2) is 0 Å². The maximum atomic E-state index is 10.5. The fourth-order valence-electron chi connectivity index (χ4n) is 0.595. The van der Waals surface area contributed by atoms with E-state index >= 15 is 0 Å². The van der Waals surface area contributed by atoms with E-state index in [-0.39, 0.29) is 12.0 Å². The van der Waals surface area contributed by atoms with Crippen molar-refractivity contribution in [3.05, 3.63) is 0 Å². The van der Waals surface area contributed by atoms with Crippen LogP contribution >= 0.6 is 22.9 Å². The average Bonchev–Trinajstić information content (AvgIpc) is 2.14. The van der Waals surface area contributed by atoms with Gasteiger partial charge in [0, 0.05) is 29.3 Å². The third kappa shape index (κ3) is 1.11. The Hall–Kier alpha value is 0.160. The van der Waals surface area contributed by atoms with Crippen LogP contribution in [0.4, 0.5) is 0 Å². The molecule has 1 unspecified atom stereocenters. The van der Waals surface area contributed by atoms with Crippen LogP contribution in [0.25, 0.3) is 0 Å². The molecule has 4 heteroatoms. The van der Waals surface area contributed by atoms with Gasteiger partial charge in [-0.2, -0.15) is 0 Å². The Balaban J connectivity index is 2.42. The summed E-state index contributed by atoms with van der Waals surface area (Å²) in [5, 5.41) is 0. The molecule has 0 amide bonds. The van der Waals surface area contributed by atoms with Gasteiger partial charge in [-0.15, -0.1) is 0 Å². The minimum absolute atomic E-state index is 0.0596. The van der Waals surface area contributed by atoms with E-state index in [1.807, 2.05) is 22.9 Å². The zero-order valence-electron chi connectivity index (χ0n) is 4.19. The highest BCUT2D eigenvalue weighted by Crippen LogP contribution is 2.05. The van der Waals surface area contributed by atoms with E-state index in [0.29, 0.717) is 6.61 Å². The van der Waals surface area contributed by atoms with Crippen molar-refractivity contribution < 1.29 is 9.53 Å². The van der Waals surface area contributed by atoms with Gasteiger partial charge >= 0.3 is 5.97 Å². The highest BCUT2D eigenvalue weighted by Gasteiger charge is 2.24. The van der Waals surface area contributed by atoms with Crippen LogP contribution in [0.5, 0.6) is 0 Å². The predicted octanol–water partition coefficient (Wildman–Crippen LogP) is 0.241. The molecule has 1 atom stereocenters. The van der Waals surface area contributed by atoms with Crippen molar-refractivity contribution in [3.63, 3.8) is 0 Å². The molecule has 1 saturated heterocycles. The molecule has 0 spiro atoms. The van der Waals surface area contributed by atoms with Crippen molar-refractivity contribution in [1.82, 2.24) is 3.53 Å². The first kappa shape index (κ1) is 6.28. The van der Waals surface area contributed by atoms with E-state index in [1.165, 1.54) is 0 Å². The highest BCUT2D eigenvalue weighted by molar-refractivity contribution is 14.1. The van der Waals surface area contributed by atoms with Gasteiger partial charge in [0.25, 0.3) is 0 Å². The molecule has 1 fully saturated rings. The van der Waals surface area contributed by atoms with Crippen LogP contribution in [0.2, 0.25) is 0 Å². The minimum atomic E-state index is -0.126. The summed E-state index contributed by atoms with van der Waals surface area (Å²) in [4.78, 5) is 10.5. The molecule has 0 aromatic carbocycles. The SMILES string of the molecule is O=C1OCCC1NI. The van der Waals surface area contributed by atoms with Crippen LogP contribution in [0.1, 0.15) is 6.42 Å². The maximum absolute atomic E-state index is 10.5. The summed E-state index contributed by atoms with van der Waals surface area (Å²) < 4.78 is 7.46. The highest BCUT2D eigenvalue weighted by atomic mass is 127. The second-order valence-electron chi connectivity index (χ2n) is 1.62. The van der Waals surface area contributed by atoms with Crippen molar-refractivity contribution in [2.75, 3.05) is 6.61 Å². The van der Waals surface area contributed by atoms with E-state index in [9.17, 15) is 4.79 Å². The standard InChI is InChI=1S/C4H6INO2/c5-6-3-1-2-8-4(3)7/h3,6H,1-2H2. The first-order valence-electron chi connectivity index (χ1n) is 2.37. The summed E-state index contributed by atoms with van der Waals surface area (Å²) in [6.45, 7) is 0.569. The van der Waals surface area contributed by atoms with Crippen molar-refractivity contribution in [2.45, 2.75) is 12.5 Å². The van der Waals surface area contributed by atoms with Gasteiger partial charge in [0.1, 0.15) is 6.04 Å². The molecule has 0 bridgehead atoms. The summed E-state index contributed by atoms with van der Waals surface area (Å²) >= 11 is 1.95. The molecule has 46 valence electrons. The van der Waals surface area contributed by atoms with Gasteiger partial charge in [-0.3, -0.25) is 4.79 Å². The molecule has 0 radical (unpaired) electrons. The van der Waals surface area contributed by atoms with Crippen molar-refractivity contribution in [2.24, 2.45) is 0 Å². The molecular formula is C4H6INO2. The van der Waals surface area contributed by atoms with Gasteiger partial charge in [0.2, 0.25) is 0 Å². The van der Waals surface area contributed by atoms with Gasteiger partial charge in [-0.1, -0.05) is 0 Å². The molecule has 0 aromatic rings. The largest absolute Gasteiger partial charge is 0.464 e. The van der Waals surface area contributed by atoms with E-state index in [4.69, 9.17) is 0 Å². The molecule has 0 aliphatic carbocycles. The number of halogens is 1. The molecule has 1 aliphatic rings. The lowest BCUT2D eigenvalue weighted by Crippen LogP contribution is -2.24. The quantitative estimate of drug-likeness (QED) is 0.396. The lowest BCUT2D eigenvalue weighted by molar-refractivity contribution is -0.139. The van der Waals surface area contributed by atoms with Gasteiger partial charge in [-0.25, -0.2) is 3.53 Å². The van der Waals surface area contributed by atoms with E-state index in [1.54, 1.807) is 0 Å². The smallest absolute Gasteiger partial charge is 0.323 e. The van der Waals surface area contributed by atoms with Crippen molar-refractivity contribution in [3.8, 4) is 0 Å². The van der Waals surface area contributed by atoms with Crippen molar-refractivity contribution >= 4 is 28.8 Å². The van der Waals surface area contributed by atoms with Gasteiger partial charge < -0.3 is 4.74 Å². The number of nitrogens with one attached hydrogen (secondary N) is 1. The first-order valence-corrected chi connectivity index (χ1v) is 3.45. The summed E-state index contributed by atoms with van der Waals surface area (Å²) in [5.41, 5.74) is 0. The molecule has 1 aliphatic heterocycles. The van der Waals surface area contributed by atoms with Crippen LogP contribution in [0, 0.1) is 0 Å². The van der Waals surface area contributed by atoms with Crippen LogP contribution in [-0.4, -0.2) is 18.6 Å². The number of ether oxygens (including phenoxy) is 1. The Bertz CT molecular complexity index is 106. The Morgan fingerprint density at radius 1 is 1.88 bits per heavy atom. The lowest BCUT2D eigenvalue weighted by Gasteiger charge is -1.96. The summed E-state index contributed by atoms with van der Waals surface area (Å²) in [6.07, 6.45) is 0.807. The number of hydrogen-bond donors (Lipinski definition) is 1. The van der Waals surface area contributed by atoms with E-state index in [0.717, 1.165) is 6.42 Å². The predicted molar refractivity (Wildman–Crippen MR) is 36.5 cm³/mol. The zero-order chi connectivity index (χ0) is 5.98. The third-order valence-corrected chi connectivity index (χ3v) is 1.82. The number of hydrogen-bond acceptors (Lipinski definition) is 3. The first-order chi connectivity index (χ1) is 3.84. The van der Waals surface area contributed by atoms with Crippen LogP contribution in [0.15, 0.2) is 0 Å². The molecule has 1 N–H and O–H groups in total. The third-order valence-electron chi connectivity index (χ3n) is 1.07. The Labute approximate surface area is 61.3 Å². The van der Waals surface area contributed by atoms with E-state index < -0.39 is 0 Å². The fraction of sp³-hybridized carbons (Fsp3) is 0.750. The molecule has 1 heterocycles. The van der Waals surface area contributed by atoms with Crippen LogP contribution in [-0.2, 0) is 9.53 Å². The number of carbonyl (C=O) groups is 1. The summed E-state index contributed by atoms with van der Waals surface area (Å²) in [6, 6.07) is -0.0596. The monoisotopic (exact) mass is 227 g/mol. The zero-order valence-corrected chi connectivity index (χ0v) is 6.34. The lowest BCUT2D eigenvalue weighted by atomic mass is 10.3. The average molecular weight is 227 g/mol. The summed E-state index contributed by atoms with van der Waals surface area (Å²) in [5.74, 6) is -0.126. The fourth-order valence-corrected chi connectivity index (χ4v) is 1.16. The Kier molecular flexibility index (Phi) is 2.07. The molecule has 0 saturated carbocycles. The topological polar surface area (TPSA) is 38.3 Å². The van der Waals surface area contributed by atoms with Gasteiger partial charge in [-0.05, 0) is 0 Å². The normalized spacial score (nSPS) is 28.1. The van der Waals surface area contributed by atoms with E-state index in [2.05, 4.69) is 8.27 Å². The number of esters is 1. The van der Waals surface area contributed by atoms with Crippen LogP contribution < -0.4 is 3.53 Å². The number of rotatable bonds is 1. The molecule has 3 nitrogen and oxygen atoms in total. The Morgan fingerprint density at radius 3 is 2.88 bits per heavy atom. The molecule has 8 heavy (non-hydrogen) atoms. The number of cyclic esters (lactones) is 1. The van der Waals surface area contributed by atoms with Crippen molar-refractivity contribution in [1.29, 1.82) is 0 Å². The Morgan fingerprint density at radius 2 is 2.62 bits per heavy atom. The second kappa shape index (κ2) is 2.63. The van der Waals surface area contributed by atoms with Gasteiger partial charge in [0.05, 0.1) is 6.61 Å².